The smallest absolute Gasteiger partial charge is 0.123 e. The van der Waals surface area contributed by atoms with Gasteiger partial charge in [-0.15, -0.1) is 0 Å². The minimum atomic E-state index is 0.164. The third-order valence-electron chi connectivity index (χ3n) is 3.42. The maximum Gasteiger partial charge on any atom is 0.123 e. The second kappa shape index (κ2) is 4.36. The number of hydrogen-bond donors (Lipinski definition) is 0. The molecule has 0 aliphatic heterocycles. The second-order valence-corrected chi connectivity index (χ2v) is 4.78. The molecular weight excluding hydrogens is 208 g/mol. The molecule has 15 heavy (non-hydrogen) atoms. The van der Waals surface area contributed by atoms with Gasteiger partial charge in [0, 0.05) is 10.9 Å². The Kier molecular flexibility index (Phi) is 3.11. The molecule has 0 fully saturated rings. The molecule has 0 radical (unpaired) electrons. The van der Waals surface area contributed by atoms with Gasteiger partial charge in [-0.3, -0.25) is 0 Å². The van der Waals surface area contributed by atoms with Gasteiger partial charge in [-0.25, -0.2) is 0 Å². The summed E-state index contributed by atoms with van der Waals surface area (Å²) in [7, 11) is 0. The largest absolute Gasteiger partial charge is 0.303 e. The van der Waals surface area contributed by atoms with E-state index < -0.39 is 0 Å². The highest BCUT2D eigenvalue weighted by Crippen LogP contribution is 2.33. The van der Waals surface area contributed by atoms with Crippen LogP contribution in [0.4, 0.5) is 0 Å². The number of halogens is 1. The highest BCUT2D eigenvalue weighted by atomic mass is 35.5. The van der Waals surface area contributed by atoms with Crippen molar-refractivity contribution >= 4 is 17.9 Å². The summed E-state index contributed by atoms with van der Waals surface area (Å²) in [6.45, 7) is 2.01. The van der Waals surface area contributed by atoms with E-state index in [-0.39, 0.29) is 5.92 Å². The van der Waals surface area contributed by atoms with E-state index in [1.54, 1.807) is 0 Å². The summed E-state index contributed by atoms with van der Waals surface area (Å²) in [6.07, 6.45) is 4.16. The van der Waals surface area contributed by atoms with Gasteiger partial charge in [0.1, 0.15) is 6.29 Å². The van der Waals surface area contributed by atoms with Gasteiger partial charge in [-0.1, -0.05) is 30.7 Å². The van der Waals surface area contributed by atoms with Crippen LogP contribution >= 0.6 is 11.6 Å². The van der Waals surface area contributed by atoms with Crippen molar-refractivity contribution in [3.05, 3.63) is 34.3 Å². The number of carbonyl (C=O) groups excluding carboxylic acids is 1. The first kappa shape index (κ1) is 10.7. The average molecular weight is 223 g/mol. The van der Waals surface area contributed by atoms with Crippen LogP contribution in [0.5, 0.6) is 0 Å². The molecule has 80 valence electrons. The fourth-order valence-electron chi connectivity index (χ4n) is 2.35. The Morgan fingerprint density at radius 2 is 2.33 bits per heavy atom. The first-order valence-corrected chi connectivity index (χ1v) is 5.81. The number of benzene rings is 1. The molecule has 2 heteroatoms. The fraction of sp³-hybridized carbons (Fsp3) is 0.462. The molecule has 0 saturated heterocycles. The molecule has 2 rings (SSSR count). The van der Waals surface area contributed by atoms with E-state index in [2.05, 4.69) is 6.07 Å². The van der Waals surface area contributed by atoms with Crippen LogP contribution in [-0.2, 0) is 17.6 Å². The molecule has 0 heterocycles. The molecule has 2 unspecified atom stereocenters. The number of hydrogen-bond acceptors (Lipinski definition) is 1. The van der Waals surface area contributed by atoms with E-state index in [0.29, 0.717) is 5.92 Å². The Bertz CT molecular complexity index is 373. The predicted octanol–water partition coefficient (Wildman–Crippen LogP) is 3.28. The van der Waals surface area contributed by atoms with Gasteiger partial charge in [0.25, 0.3) is 0 Å². The Balaban J connectivity index is 2.24. The van der Waals surface area contributed by atoms with Crippen molar-refractivity contribution in [3.63, 3.8) is 0 Å². The van der Waals surface area contributed by atoms with E-state index in [4.69, 9.17) is 11.6 Å². The number of fused-ring (bicyclic) bond motifs is 1. The zero-order chi connectivity index (χ0) is 10.8. The summed E-state index contributed by atoms with van der Waals surface area (Å²) in [6, 6.07) is 6.07. The molecule has 1 aromatic rings. The maximum atomic E-state index is 10.8. The van der Waals surface area contributed by atoms with E-state index in [1.165, 1.54) is 11.1 Å². The van der Waals surface area contributed by atoms with Crippen LogP contribution in [0.25, 0.3) is 0 Å². The molecule has 1 aliphatic rings. The normalized spacial score (nSPS) is 21.9. The van der Waals surface area contributed by atoms with Gasteiger partial charge in [0.05, 0.1) is 0 Å². The average Bonchev–Trinajstić information content (AvgIpc) is 2.28. The van der Waals surface area contributed by atoms with Crippen molar-refractivity contribution in [2.75, 3.05) is 0 Å². The van der Waals surface area contributed by atoms with Crippen molar-refractivity contribution in [2.24, 2.45) is 11.8 Å². The Morgan fingerprint density at radius 1 is 1.53 bits per heavy atom. The zero-order valence-electron chi connectivity index (χ0n) is 8.87. The van der Waals surface area contributed by atoms with Crippen molar-refractivity contribution in [3.8, 4) is 0 Å². The lowest BCUT2D eigenvalue weighted by molar-refractivity contribution is -0.112. The van der Waals surface area contributed by atoms with Gasteiger partial charge < -0.3 is 4.79 Å². The highest BCUT2D eigenvalue weighted by Gasteiger charge is 2.24. The minimum Gasteiger partial charge on any atom is -0.303 e. The molecule has 1 aromatic carbocycles. The van der Waals surface area contributed by atoms with Crippen LogP contribution < -0.4 is 0 Å². The summed E-state index contributed by atoms with van der Waals surface area (Å²) in [5.74, 6) is 0.658. The summed E-state index contributed by atoms with van der Waals surface area (Å²) in [4.78, 5) is 10.8. The lowest BCUT2D eigenvalue weighted by Gasteiger charge is -2.27. The van der Waals surface area contributed by atoms with Crippen LogP contribution in [-0.4, -0.2) is 6.29 Å². The number of carbonyl (C=O) groups is 1. The summed E-state index contributed by atoms with van der Waals surface area (Å²) in [5.41, 5.74) is 2.61. The van der Waals surface area contributed by atoms with E-state index in [1.807, 2.05) is 19.1 Å². The molecule has 1 aliphatic carbocycles. The molecule has 0 amide bonds. The van der Waals surface area contributed by atoms with E-state index in [0.717, 1.165) is 30.6 Å². The maximum absolute atomic E-state index is 10.8. The molecule has 0 saturated carbocycles. The monoisotopic (exact) mass is 222 g/mol. The predicted molar refractivity (Wildman–Crippen MR) is 62.2 cm³/mol. The van der Waals surface area contributed by atoms with Gasteiger partial charge in [0.2, 0.25) is 0 Å². The first-order chi connectivity index (χ1) is 7.22. The summed E-state index contributed by atoms with van der Waals surface area (Å²) in [5, 5.41) is 0.879. The molecule has 2 atom stereocenters. The third kappa shape index (κ3) is 2.07. The molecular formula is C13H15ClO. The SMILES string of the molecule is CC(C=O)C1CCc2c(Cl)cccc2C1. The van der Waals surface area contributed by atoms with Gasteiger partial charge in [-0.05, 0) is 42.4 Å². The lowest BCUT2D eigenvalue weighted by Crippen LogP contribution is -2.21. The molecule has 0 bridgehead atoms. The third-order valence-corrected chi connectivity index (χ3v) is 3.78. The van der Waals surface area contributed by atoms with Crippen molar-refractivity contribution in [1.29, 1.82) is 0 Å². The first-order valence-electron chi connectivity index (χ1n) is 5.44. The number of aldehydes is 1. The Morgan fingerprint density at radius 3 is 3.07 bits per heavy atom. The quantitative estimate of drug-likeness (QED) is 0.702. The molecule has 0 aromatic heterocycles. The summed E-state index contributed by atoms with van der Waals surface area (Å²) < 4.78 is 0. The second-order valence-electron chi connectivity index (χ2n) is 4.38. The molecule has 0 spiro atoms. The van der Waals surface area contributed by atoms with Crippen LogP contribution in [0, 0.1) is 11.8 Å². The van der Waals surface area contributed by atoms with Crippen molar-refractivity contribution in [1.82, 2.24) is 0 Å². The van der Waals surface area contributed by atoms with Crippen LogP contribution in [0.15, 0.2) is 18.2 Å². The van der Waals surface area contributed by atoms with E-state index >= 15 is 0 Å². The topological polar surface area (TPSA) is 17.1 Å². The molecule has 0 N–H and O–H groups in total. The molecule has 1 nitrogen and oxygen atoms in total. The van der Waals surface area contributed by atoms with Gasteiger partial charge in [-0.2, -0.15) is 0 Å². The van der Waals surface area contributed by atoms with E-state index in [9.17, 15) is 4.79 Å². The Labute approximate surface area is 95.4 Å². The van der Waals surface area contributed by atoms with Crippen LogP contribution in [0.2, 0.25) is 5.02 Å². The Hall–Kier alpha value is -0.820. The minimum absolute atomic E-state index is 0.164. The van der Waals surface area contributed by atoms with Crippen LogP contribution in [0.1, 0.15) is 24.5 Å². The zero-order valence-corrected chi connectivity index (χ0v) is 9.63. The van der Waals surface area contributed by atoms with Crippen LogP contribution in [0.3, 0.4) is 0 Å². The fourth-order valence-corrected chi connectivity index (χ4v) is 2.64. The standard InChI is InChI=1S/C13H15ClO/c1-9(8-15)10-5-6-12-11(7-10)3-2-4-13(12)14/h2-4,8-10H,5-7H2,1H3. The van der Waals surface area contributed by atoms with Gasteiger partial charge in [0.15, 0.2) is 0 Å². The van der Waals surface area contributed by atoms with Crippen molar-refractivity contribution in [2.45, 2.75) is 26.2 Å². The lowest BCUT2D eigenvalue weighted by atomic mass is 9.78. The number of rotatable bonds is 2. The van der Waals surface area contributed by atoms with Gasteiger partial charge >= 0.3 is 0 Å². The van der Waals surface area contributed by atoms with Crippen molar-refractivity contribution < 1.29 is 4.79 Å². The summed E-state index contributed by atoms with van der Waals surface area (Å²) >= 11 is 6.13. The highest BCUT2D eigenvalue weighted by molar-refractivity contribution is 6.31.